The van der Waals surface area contributed by atoms with Crippen molar-refractivity contribution >= 4 is 23.2 Å². The molecule has 6 nitrogen and oxygen atoms in total. The quantitative estimate of drug-likeness (QED) is 0.808. The van der Waals surface area contributed by atoms with Crippen LogP contribution in [0.1, 0.15) is 34.8 Å². The number of nitrogens with one attached hydrogen (secondary N) is 1. The Bertz CT molecular complexity index is 538. The molecule has 0 spiro atoms. The molecular weight excluding hydrogens is 314 g/mol. The van der Waals surface area contributed by atoms with E-state index in [0.29, 0.717) is 31.1 Å². The van der Waals surface area contributed by atoms with Crippen LogP contribution in [0.2, 0.25) is 0 Å². The van der Waals surface area contributed by atoms with E-state index in [4.69, 9.17) is 0 Å². The number of aliphatic hydroxyl groups is 1. The number of carbonyl (C=O) groups excluding carboxylic acids is 2. The first kappa shape index (κ1) is 17.9. The summed E-state index contributed by atoms with van der Waals surface area (Å²) in [5.74, 6) is -0.0172. The molecule has 1 aliphatic heterocycles. The van der Waals surface area contributed by atoms with Crippen LogP contribution in [0, 0.1) is 0 Å². The van der Waals surface area contributed by atoms with E-state index < -0.39 is 0 Å². The molecule has 23 heavy (non-hydrogen) atoms. The summed E-state index contributed by atoms with van der Waals surface area (Å²) < 4.78 is 0. The van der Waals surface area contributed by atoms with E-state index in [9.17, 15) is 14.7 Å². The standard InChI is InChI=1S/C16H25N3O3S/c1-3-13(21)11-18-6-8-19(9-7-18)16(22)15-5-4-14(23-15)10-17-12(2)20/h4-5,13,21H,3,6-11H2,1-2H3,(H,17,20)/t13-/m0/s1. The number of aliphatic hydroxyl groups excluding tert-OH is 1. The van der Waals surface area contributed by atoms with Crippen LogP contribution >= 0.6 is 11.3 Å². The minimum atomic E-state index is -0.286. The number of thiophene rings is 1. The third-order valence-electron chi connectivity index (χ3n) is 3.98. The summed E-state index contributed by atoms with van der Waals surface area (Å²) in [6.07, 6.45) is 0.469. The first-order valence-corrected chi connectivity index (χ1v) is 8.84. The van der Waals surface area contributed by atoms with Crippen molar-refractivity contribution < 1.29 is 14.7 Å². The Morgan fingerprint density at radius 1 is 1.30 bits per heavy atom. The van der Waals surface area contributed by atoms with Gasteiger partial charge in [-0.25, -0.2) is 0 Å². The normalized spacial score (nSPS) is 17.1. The highest BCUT2D eigenvalue weighted by Gasteiger charge is 2.24. The van der Waals surface area contributed by atoms with E-state index in [2.05, 4.69) is 10.2 Å². The minimum absolute atomic E-state index is 0.0553. The number of hydrogen-bond acceptors (Lipinski definition) is 5. The number of rotatable bonds is 6. The molecule has 0 aromatic carbocycles. The van der Waals surface area contributed by atoms with Crippen molar-refractivity contribution in [3.05, 3.63) is 21.9 Å². The van der Waals surface area contributed by atoms with Gasteiger partial charge in [0.25, 0.3) is 5.91 Å². The van der Waals surface area contributed by atoms with Crippen molar-refractivity contribution in [2.45, 2.75) is 32.9 Å². The monoisotopic (exact) mass is 339 g/mol. The van der Waals surface area contributed by atoms with Crippen molar-refractivity contribution in [2.24, 2.45) is 0 Å². The highest BCUT2D eigenvalue weighted by molar-refractivity contribution is 7.14. The molecule has 0 saturated carbocycles. The Balaban J connectivity index is 1.84. The van der Waals surface area contributed by atoms with E-state index in [1.165, 1.54) is 18.3 Å². The molecule has 7 heteroatoms. The van der Waals surface area contributed by atoms with E-state index in [1.807, 2.05) is 24.0 Å². The van der Waals surface area contributed by atoms with Gasteiger partial charge in [0.15, 0.2) is 0 Å². The molecule has 0 radical (unpaired) electrons. The molecule has 0 bridgehead atoms. The van der Waals surface area contributed by atoms with Crippen LogP contribution in [-0.4, -0.2) is 65.5 Å². The number of nitrogens with zero attached hydrogens (tertiary/aromatic N) is 2. The van der Waals surface area contributed by atoms with Gasteiger partial charge in [-0.3, -0.25) is 14.5 Å². The van der Waals surface area contributed by atoms with Crippen LogP contribution in [0.25, 0.3) is 0 Å². The maximum Gasteiger partial charge on any atom is 0.264 e. The van der Waals surface area contributed by atoms with Crippen LogP contribution in [0.4, 0.5) is 0 Å². The lowest BCUT2D eigenvalue weighted by atomic mass is 10.2. The molecule has 1 aliphatic rings. The van der Waals surface area contributed by atoms with E-state index in [1.54, 1.807) is 0 Å². The van der Waals surface area contributed by atoms with Crippen molar-refractivity contribution in [3.63, 3.8) is 0 Å². The average Bonchev–Trinajstić information content (AvgIpc) is 3.01. The lowest BCUT2D eigenvalue weighted by Gasteiger charge is -2.35. The molecule has 2 rings (SSSR count). The van der Waals surface area contributed by atoms with E-state index >= 15 is 0 Å². The zero-order valence-corrected chi connectivity index (χ0v) is 14.6. The summed E-state index contributed by atoms with van der Waals surface area (Å²) in [6.45, 7) is 7.57. The Morgan fingerprint density at radius 2 is 2.00 bits per heavy atom. The molecular formula is C16H25N3O3S. The van der Waals surface area contributed by atoms with Gasteiger partial charge < -0.3 is 15.3 Å². The first-order chi connectivity index (χ1) is 11.0. The summed E-state index contributed by atoms with van der Waals surface area (Å²) in [5, 5.41) is 12.4. The highest BCUT2D eigenvalue weighted by atomic mass is 32.1. The predicted octanol–water partition coefficient (Wildman–Crippen LogP) is 0.913. The van der Waals surface area contributed by atoms with E-state index in [0.717, 1.165) is 24.4 Å². The van der Waals surface area contributed by atoms with Gasteiger partial charge in [-0.05, 0) is 18.6 Å². The van der Waals surface area contributed by atoms with Gasteiger partial charge in [-0.2, -0.15) is 0 Å². The molecule has 0 unspecified atom stereocenters. The fourth-order valence-corrected chi connectivity index (χ4v) is 3.43. The van der Waals surface area contributed by atoms with Crippen LogP contribution < -0.4 is 5.32 Å². The predicted molar refractivity (Wildman–Crippen MR) is 90.5 cm³/mol. The summed E-state index contributed by atoms with van der Waals surface area (Å²) in [4.78, 5) is 29.2. The summed E-state index contributed by atoms with van der Waals surface area (Å²) >= 11 is 1.43. The molecule has 1 fully saturated rings. The molecule has 1 aromatic rings. The topological polar surface area (TPSA) is 72.9 Å². The van der Waals surface area contributed by atoms with Gasteiger partial charge in [-0.1, -0.05) is 6.92 Å². The van der Waals surface area contributed by atoms with Crippen molar-refractivity contribution in [3.8, 4) is 0 Å². The molecule has 2 N–H and O–H groups in total. The average molecular weight is 339 g/mol. The van der Waals surface area contributed by atoms with Gasteiger partial charge in [0, 0.05) is 44.5 Å². The van der Waals surface area contributed by atoms with Crippen LogP contribution in [0.3, 0.4) is 0 Å². The molecule has 0 aliphatic carbocycles. The van der Waals surface area contributed by atoms with Gasteiger partial charge in [-0.15, -0.1) is 11.3 Å². The zero-order chi connectivity index (χ0) is 16.8. The SMILES string of the molecule is CC[C@H](O)CN1CCN(C(=O)c2ccc(CNC(C)=O)s2)CC1. The molecule has 2 heterocycles. The van der Waals surface area contributed by atoms with Crippen molar-refractivity contribution in [1.82, 2.24) is 15.1 Å². The lowest BCUT2D eigenvalue weighted by Crippen LogP contribution is -2.50. The summed E-state index contributed by atoms with van der Waals surface area (Å²) in [5.41, 5.74) is 0. The van der Waals surface area contributed by atoms with E-state index in [-0.39, 0.29) is 17.9 Å². The second-order valence-corrected chi connectivity index (χ2v) is 7.00. The second-order valence-electron chi connectivity index (χ2n) is 5.83. The van der Waals surface area contributed by atoms with Gasteiger partial charge in [0.05, 0.1) is 17.5 Å². The fourth-order valence-electron chi connectivity index (χ4n) is 2.52. The maximum atomic E-state index is 12.5. The number of amides is 2. The number of β-amino-alcohol motifs (C(OH)–C–C–N with tert-alkyl or cyclic N) is 1. The fraction of sp³-hybridized carbons (Fsp3) is 0.625. The molecule has 1 saturated heterocycles. The Hall–Kier alpha value is -1.44. The Labute approximate surface area is 141 Å². The van der Waals surface area contributed by atoms with Gasteiger partial charge in [0.1, 0.15) is 0 Å². The molecule has 128 valence electrons. The van der Waals surface area contributed by atoms with Gasteiger partial charge in [0.2, 0.25) is 5.91 Å². The van der Waals surface area contributed by atoms with Crippen LogP contribution in [0.15, 0.2) is 12.1 Å². The number of hydrogen-bond donors (Lipinski definition) is 2. The summed E-state index contributed by atoms with van der Waals surface area (Å²) in [7, 11) is 0. The molecule has 2 amide bonds. The first-order valence-electron chi connectivity index (χ1n) is 8.02. The zero-order valence-electron chi connectivity index (χ0n) is 13.7. The largest absolute Gasteiger partial charge is 0.392 e. The second kappa shape index (κ2) is 8.42. The van der Waals surface area contributed by atoms with Crippen LogP contribution in [-0.2, 0) is 11.3 Å². The smallest absolute Gasteiger partial charge is 0.264 e. The maximum absolute atomic E-state index is 12.5. The third kappa shape index (κ3) is 5.30. The summed E-state index contributed by atoms with van der Waals surface area (Å²) in [6, 6.07) is 3.72. The molecule has 1 atom stereocenters. The van der Waals surface area contributed by atoms with Crippen molar-refractivity contribution in [2.75, 3.05) is 32.7 Å². The van der Waals surface area contributed by atoms with Gasteiger partial charge >= 0.3 is 0 Å². The van der Waals surface area contributed by atoms with Crippen LogP contribution in [0.5, 0.6) is 0 Å². The minimum Gasteiger partial charge on any atom is -0.392 e. The molecule has 1 aromatic heterocycles. The lowest BCUT2D eigenvalue weighted by molar-refractivity contribution is -0.119. The van der Waals surface area contributed by atoms with Crippen molar-refractivity contribution in [1.29, 1.82) is 0 Å². The number of carbonyl (C=O) groups is 2. The Kier molecular flexibility index (Phi) is 6.56. The Morgan fingerprint density at radius 3 is 2.61 bits per heavy atom. The third-order valence-corrected chi connectivity index (χ3v) is 5.06. The highest BCUT2D eigenvalue weighted by Crippen LogP contribution is 2.19. The number of piperazine rings is 1.